The summed E-state index contributed by atoms with van der Waals surface area (Å²) in [7, 11) is -18.3. The Morgan fingerprint density at radius 3 is 1.32 bits per heavy atom. The summed E-state index contributed by atoms with van der Waals surface area (Å²) in [5.41, 5.74) is 2.90. The molecule has 0 radical (unpaired) electrons. The van der Waals surface area contributed by atoms with Crippen LogP contribution in [0.15, 0.2) is 125 Å². The van der Waals surface area contributed by atoms with Gasteiger partial charge in [0.1, 0.15) is 46.3 Å². The number of anilines is 1. The molecule has 6 unspecified atom stereocenters. The molecule has 0 saturated heterocycles. The number of allylic oxidation sites excluding steroid dienone is 7. The quantitative estimate of drug-likeness (QED) is 0.00828. The topological polar surface area (TPSA) is 675 Å². The third-order valence-corrected chi connectivity index (χ3v) is 34.8. The van der Waals surface area contributed by atoms with E-state index in [0.717, 1.165) is 51.5 Å². The summed E-state index contributed by atoms with van der Waals surface area (Å²) in [4.78, 5) is 212. The number of hydrogen-bond donors (Lipinski definition) is 18. The van der Waals surface area contributed by atoms with Crippen molar-refractivity contribution in [3.8, 4) is 5.75 Å². The average molecular weight is 2070 g/mol. The summed E-state index contributed by atoms with van der Waals surface area (Å²) in [5.74, 6) is -21.0. The minimum Gasteiger partial charge on any atom is -0.744 e. The van der Waals surface area contributed by atoms with Gasteiger partial charge in [0.2, 0.25) is 57.3 Å². The van der Waals surface area contributed by atoms with Gasteiger partial charge >= 0.3 is 83.3 Å². The summed E-state index contributed by atoms with van der Waals surface area (Å²) in [6.07, 6.45) is 1.95. The molecule has 5 aliphatic carbocycles. The predicted molar refractivity (Wildman–Crippen MR) is 512 cm³/mol. The van der Waals surface area contributed by atoms with E-state index >= 15 is 0 Å². The molecule has 40 nitrogen and oxygen atoms in total. The molecule has 142 heavy (non-hydrogen) atoms. The second-order valence-electron chi connectivity index (χ2n) is 40.1. The van der Waals surface area contributed by atoms with E-state index in [1.807, 2.05) is 30.3 Å². The van der Waals surface area contributed by atoms with Gasteiger partial charge in [-0.05, 0) is 231 Å². The maximum atomic E-state index is 14.8. The summed E-state index contributed by atoms with van der Waals surface area (Å²) < 4.78 is 85.1. The molecule has 10 rings (SSSR count). The van der Waals surface area contributed by atoms with Gasteiger partial charge in [0.05, 0.1) is 28.1 Å². The molecule has 774 valence electrons. The van der Waals surface area contributed by atoms with Crippen molar-refractivity contribution in [3.05, 3.63) is 131 Å². The van der Waals surface area contributed by atoms with E-state index in [1.54, 1.807) is 0 Å². The number of amides is 5. The Bertz CT molecular complexity index is 5370. The fourth-order valence-electron chi connectivity index (χ4n) is 21.7. The summed E-state index contributed by atoms with van der Waals surface area (Å²) in [6.45, 7) is 9.52. The Morgan fingerprint density at radius 2 is 0.894 bits per heavy atom. The zero-order valence-corrected chi connectivity index (χ0v) is 86.1. The Balaban J connectivity index is 0.0000247. The monoisotopic (exact) mass is 2070 g/mol. The van der Waals surface area contributed by atoms with Gasteiger partial charge in [0.15, 0.2) is 5.71 Å². The van der Waals surface area contributed by atoms with Crippen LogP contribution in [-0.2, 0) is 102 Å². The number of nitrogens with zero attached hydrogens (tertiary/aromatic N) is 1. The van der Waals surface area contributed by atoms with E-state index in [9.17, 15) is 154 Å². The number of carbonyl (C=O) groups is 14. The number of rotatable bonds is 61. The zero-order valence-electron chi connectivity index (χ0n) is 80.6. The molecule has 3 aromatic rings. The predicted octanol–water partition coefficient (Wildman–Crippen LogP) is 8.42. The van der Waals surface area contributed by atoms with Crippen LogP contribution in [0.3, 0.4) is 0 Å². The number of carboxylic acids is 9. The van der Waals surface area contributed by atoms with Crippen molar-refractivity contribution in [2.24, 2.45) is 34.0 Å². The molecule has 4 saturated carbocycles. The van der Waals surface area contributed by atoms with Crippen LogP contribution >= 0.6 is 22.1 Å². The van der Waals surface area contributed by atoms with Crippen molar-refractivity contribution in [2.45, 2.75) is 273 Å². The Morgan fingerprint density at radius 1 is 0.472 bits per heavy atom. The number of ether oxygens (including phenoxy) is 1. The fourth-order valence-corrected chi connectivity index (χ4v) is 27.8. The average Bonchev–Trinajstić information content (AvgIpc) is 0.889. The first-order chi connectivity index (χ1) is 66.0. The first-order valence-electron chi connectivity index (χ1n) is 47.6. The summed E-state index contributed by atoms with van der Waals surface area (Å²) in [5, 5.41) is 105. The molecule has 0 aromatic heterocycles. The number of fused-ring (bicyclic) bond motifs is 2. The smallest absolute Gasteiger partial charge is 0.744 e. The van der Waals surface area contributed by atoms with Gasteiger partial charge in [-0.15, -0.1) is 0 Å². The van der Waals surface area contributed by atoms with Crippen molar-refractivity contribution in [1.82, 2.24) is 26.6 Å². The number of benzene rings is 3. The molecule has 3 aromatic carbocycles. The number of carbonyl (C=O) groups excluding carboxylic acids is 5. The van der Waals surface area contributed by atoms with Crippen LogP contribution in [0, 0.1) is 34.0 Å². The molecule has 4 bridgehead atoms. The van der Waals surface area contributed by atoms with Gasteiger partial charge in [-0.25, -0.2) is 22.8 Å². The normalized spacial score (nSPS) is 22.3. The SMILES string of the molecule is CC1(C)C(/C=C/C2=C(Oc3ccc(S(=O)(=O)[O-])cc3)C(=C/C=C3/Nc4ccccc4C3(C)C)/CCC2)=[N+](CCCCCC(=O)NCCCCCC(=O)NC23CC4(CCC(=O)N[C@@H](CCP(=O)(O)CC(CCC(=O)O)C(=O)O)C(=O)O)CC(CCC(=O)N[C@@H](CCP(=O)(O)CC(CCC(=O)O)C(=O)O)C(=O)O)(CC(CCC(=O)N[C@@H](CCP(=O)(O)CC(CCC(=O)O)C(=O)O)C(=O)O)(C4)C2)C3)c2ccccc21.[Na+]. The Kier molecular flexibility index (Phi) is 41.8. The molecular weight excluding hydrogens is 1940 g/mol. The number of unbranched alkanes of at least 4 members (excludes halogenated alkanes) is 4. The third kappa shape index (κ3) is 34.0. The maximum Gasteiger partial charge on any atom is 1.00 e. The van der Waals surface area contributed by atoms with Gasteiger partial charge in [-0.2, -0.15) is 4.58 Å². The minimum absolute atomic E-state index is 0. The van der Waals surface area contributed by atoms with E-state index in [1.165, 1.54) is 24.3 Å². The van der Waals surface area contributed by atoms with E-state index in [-0.39, 0.29) is 123 Å². The van der Waals surface area contributed by atoms with Crippen molar-refractivity contribution in [3.63, 3.8) is 0 Å². The van der Waals surface area contributed by atoms with E-state index in [4.69, 9.17) is 4.74 Å². The van der Waals surface area contributed by atoms with Gasteiger partial charge < -0.3 is 102 Å². The number of nitrogens with one attached hydrogen (secondary N) is 6. The van der Waals surface area contributed by atoms with Gasteiger partial charge in [0.25, 0.3) is 0 Å². The summed E-state index contributed by atoms with van der Waals surface area (Å²) >= 11 is 0. The van der Waals surface area contributed by atoms with Crippen LogP contribution in [-0.4, -0.2) is 241 Å². The first-order valence-corrected chi connectivity index (χ1v) is 55.1. The molecule has 4 fully saturated rings. The summed E-state index contributed by atoms with van der Waals surface area (Å²) in [6, 6.07) is 16.2. The van der Waals surface area contributed by atoms with Crippen molar-refractivity contribution in [2.75, 3.05) is 55.4 Å². The van der Waals surface area contributed by atoms with Crippen LogP contribution in [0.2, 0.25) is 0 Å². The zero-order chi connectivity index (χ0) is 104. The molecule has 45 heteroatoms. The van der Waals surface area contributed by atoms with Crippen molar-refractivity contribution < 1.29 is 193 Å². The van der Waals surface area contributed by atoms with Gasteiger partial charge in [-0.1, -0.05) is 62.7 Å². The minimum atomic E-state index is -4.73. The van der Waals surface area contributed by atoms with Crippen LogP contribution in [0.5, 0.6) is 5.75 Å². The molecule has 18 N–H and O–H groups in total. The van der Waals surface area contributed by atoms with Gasteiger partial charge in [0, 0.05) is 141 Å². The number of carboxylic acid groups (broad SMARTS) is 9. The standard InChI is InChI=1S/C97H132N7O33P3S.Na/c1-92(2)68-18-9-11-20-70(68)99-75(92)33-24-61-16-15-17-62(85(61)137-66-29-31-67(32-30-66)141(134,135)136)25-34-76-93(3,4)69-19-10-12-21-74(69)104(76)48-14-6-8-22-77(105)98-47-13-5-7-23-81(109)103-97-58-94(44-38-78(106)100-71(89(122)123)41-49-138(128,129)52-63(86(116)117)26-35-82(110)111)55-95(59-97,45-39-79(107)101-72(90(124)125)42-50-139(130,131)53-64(87(118)119)27-36-83(112)113)57-96(56-94,60-97)46-40-80(108)102-73(91(126)127)43-51-140(132,133)54-65(88(120)121)28-37-84(114)115;/h9-12,18-21,24-25,29-34,63-65,71-73H,5-8,13-17,22-23,26-28,35-60H2,1-4H3,(H18,98,100,101,102,103,105,106,107,108,109,110,111,112,113,114,115,116,117,118,119,120,121,122,123,124,125,126,127,128,129,130,131,132,133,134,135,136);/q;+1/t63?,64?,65?,71-,72-,73-,94?,95?,96?,97?;/m0./s1. The number of aliphatic carboxylic acids is 9. The molecule has 9 atom stereocenters. The van der Waals surface area contributed by atoms with Crippen molar-refractivity contribution in [1.29, 1.82) is 0 Å². The maximum absolute atomic E-state index is 14.8. The van der Waals surface area contributed by atoms with Crippen LogP contribution in [0.25, 0.3) is 0 Å². The molecular formula is C97H132N7NaO33P3S+. The Labute approximate surface area is 845 Å². The van der Waals surface area contributed by atoms with Crippen LogP contribution < -0.4 is 66.2 Å². The number of para-hydroxylation sites is 2. The molecule has 2 heterocycles. The van der Waals surface area contributed by atoms with E-state index in [0.29, 0.717) is 69.4 Å². The van der Waals surface area contributed by atoms with E-state index in [2.05, 4.69) is 107 Å². The number of hydrogen-bond acceptors (Lipinski definition) is 22. The third-order valence-electron chi connectivity index (χ3n) is 28.1. The molecule has 5 amide bonds. The fraction of sp³-hybridized carbons (Fsp3) is 0.577. The van der Waals surface area contributed by atoms with Crippen LogP contribution in [0.4, 0.5) is 11.4 Å². The van der Waals surface area contributed by atoms with E-state index < -0.39 is 287 Å². The first kappa shape index (κ1) is 117. The second kappa shape index (κ2) is 50.6. The largest absolute Gasteiger partial charge is 1.00 e. The van der Waals surface area contributed by atoms with Gasteiger partial charge in [-0.3, -0.25) is 66.4 Å². The molecule has 7 aliphatic rings. The molecule has 2 aliphatic heterocycles. The molecule has 0 spiro atoms. The second-order valence-corrected chi connectivity index (χ2v) is 49.0. The van der Waals surface area contributed by atoms with Crippen molar-refractivity contribution >= 4 is 133 Å². The van der Waals surface area contributed by atoms with Crippen LogP contribution in [0.1, 0.15) is 244 Å². The Hall–Kier alpha value is -10.1.